The predicted molar refractivity (Wildman–Crippen MR) is 78.6 cm³/mol. The van der Waals surface area contributed by atoms with Crippen LogP contribution in [0.5, 0.6) is 5.75 Å². The van der Waals surface area contributed by atoms with Gasteiger partial charge < -0.3 is 10.2 Å². The normalized spacial score (nSPS) is 41.9. The molecule has 106 valence electrons. The number of hydrogen-bond donors (Lipinski definition) is 2. The lowest BCUT2D eigenvalue weighted by atomic mass is 9.55. The molecule has 1 aromatic rings. The first-order valence-electron chi connectivity index (χ1n) is 7.78. The summed E-state index contributed by atoms with van der Waals surface area (Å²) in [6.07, 6.45) is 8.50. The van der Waals surface area contributed by atoms with Crippen molar-refractivity contribution in [1.82, 2.24) is 0 Å². The second-order valence-electron chi connectivity index (χ2n) is 7.09. The molecule has 0 saturated heterocycles. The summed E-state index contributed by atoms with van der Waals surface area (Å²) < 4.78 is 0. The molecule has 0 radical (unpaired) electrons. The molecule has 20 heavy (non-hydrogen) atoms. The fourth-order valence-corrected chi connectivity index (χ4v) is 5.00. The zero-order valence-electron chi connectivity index (χ0n) is 11.9. The van der Waals surface area contributed by atoms with Crippen LogP contribution in [-0.4, -0.2) is 16.3 Å². The van der Waals surface area contributed by atoms with Gasteiger partial charge in [-0.25, -0.2) is 0 Å². The highest BCUT2D eigenvalue weighted by molar-refractivity contribution is 5.40. The molecule has 5 atom stereocenters. The molecule has 0 unspecified atom stereocenters. The summed E-state index contributed by atoms with van der Waals surface area (Å²) in [4.78, 5) is 0. The van der Waals surface area contributed by atoms with Crippen LogP contribution >= 0.6 is 0 Å². The van der Waals surface area contributed by atoms with Gasteiger partial charge in [0.2, 0.25) is 0 Å². The smallest absolute Gasteiger partial charge is 0.115 e. The first-order valence-corrected chi connectivity index (χ1v) is 7.78. The molecule has 0 heterocycles. The lowest BCUT2D eigenvalue weighted by Gasteiger charge is -2.50. The van der Waals surface area contributed by atoms with E-state index in [2.05, 4.69) is 19.1 Å². The monoisotopic (exact) mass is 270 g/mol. The van der Waals surface area contributed by atoms with E-state index in [0.29, 0.717) is 23.5 Å². The molecule has 0 bridgehead atoms. The Morgan fingerprint density at radius 1 is 1.20 bits per heavy atom. The lowest BCUT2D eigenvalue weighted by Crippen LogP contribution is -2.44. The summed E-state index contributed by atoms with van der Waals surface area (Å²) in [6.45, 7) is 2.25. The second-order valence-corrected chi connectivity index (χ2v) is 7.09. The van der Waals surface area contributed by atoms with Gasteiger partial charge in [-0.05, 0) is 66.7 Å². The molecule has 3 aliphatic rings. The van der Waals surface area contributed by atoms with E-state index in [0.717, 1.165) is 19.3 Å². The summed E-state index contributed by atoms with van der Waals surface area (Å²) in [5, 5.41) is 20.0. The number of fused-ring (bicyclic) bond motifs is 5. The largest absolute Gasteiger partial charge is 0.508 e. The van der Waals surface area contributed by atoms with Crippen molar-refractivity contribution in [2.45, 2.75) is 44.6 Å². The highest BCUT2D eigenvalue weighted by Gasteiger charge is 2.52. The summed E-state index contributed by atoms with van der Waals surface area (Å²) in [5.41, 5.74) is 2.82. The van der Waals surface area contributed by atoms with Crippen molar-refractivity contribution in [2.24, 2.45) is 17.3 Å². The third-order valence-electron chi connectivity index (χ3n) is 6.18. The number of allylic oxidation sites excluding steroid dienone is 1. The Kier molecular flexibility index (Phi) is 2.56. The first-order chi connectivity index (χ1) is 9.59. The van der Waals surface area contributed by atoms with Crippen LogP contribution in [0.1, 0.15) is 43.2 Å². The van der Waals surface area contributed by atoms with Crippen molar-refractivity contribution in [3.63, 3.8) is 0 Å². The molecule has 0 aliphatic heterocycles. The molecule has 0 aromatic heterocycles. The molecule has 4 rings (SSSR count). The van der Waals surface area contributed by atoms with Gasteiger partial charge in [0.25, 0.3) is 0 Å². The fourth-order valence-electron chi connectivity index (χ4n) is 5.00. The topological polar surface area (TPSA) is 40.5 Å². The van der Waals surface area contributed by atoms with Crippen LogP contribution in [-0.2, 0) is 6.42 Å². The minimum atomic E-state index is -0.269. The Labute approximate surface area is 120 Å². The van der Waals surface area contributed by atoms with Crippen molar-refractivity contribution < 1.29 is 10.2 Å². The zero-order valence-corrected chi connectivity index (χ0v) is 11.9. The van der Waals surface area contributed by atoms with Crippen molar-refractivity contribution in [3.8, 4) is 5.75 Å². The average molecular weight is 270 g/mol. The van der Waals surface area contributed by atoms with E-state index < -0.39 is 0 Å². The van der Waals surface area contributed by atoms with Gasteiger partial charge >= 0.3 is 0 Å². The van der Waals surface area contributed by atoms with E-state index in [1.807, 2.05) is 18.2 Å². The Morgan fingerprint density at radius 3 is 2.90 bits per heavy atom. The molecule has 1 saturated carbocycles. The van der Waals surface area contributed by atoms with E-state index in [4.69, 9.17) is 0 Å². The molecule has 2 heteroatoms. The summed E-state index contributed by atoms with van der Waals surface area (Å²) in [5.74, 6) is 2.16. The third-order valence-corrected chi connectivity index (χ3v) is 6.18. The molecular formula is C18H22O2. The van der Waals surface area contributed by atoms with Crippen molar-refractivity contribution in [2.75, 3.05) is 0 Å². The van der Waals surface area contributed by atoms with Gasteiger partial charge in [-0.2, -0.15) is 0 Å². The number of phenolic OH excluding ortho intramolecular Hbond substituents is 1. The van der Waals surface area contributed by atoms with Crippen LogP contribution in [0.15, 0.2) is 30.4 Å². The molecule has 1 fully saturated rings. The van der Waals surface area contributed by atoms with Gasteiger partial charge in [-0.1, -0.05) is 25.1 Å². The first kappa shape index (κ1) is 12.5. The van der Waals surface area contributed by atoms with Gasteiger partial charge in [0.1, 0.15) is 5.75 Å². The number of hydrogen-bond acceptors (Lipinski definition) is 2. The van der Waals surface area contributed by atoms with E-state index >= 15 is 0 Å². The number of rotatable bonds is 0. The van der Waals surface area contributed by atoms with Gasteiger partial charge in [0.05, 0.1) is 6.10 Å². The maximum Gasteiger partial charge on any atom is 0.115 e. The Bertz CT molecular complexity index is 577. The molecule has 2 N–H and O–H groups in total. The SMILES string of the molecule is C[C@]12CC[C@@H]3c4ccc(O)cc4CC[C@H]3[C@@H]1C=C[C@H]2O. The summed E-state index contributed by atoms with van der Waals surface area (Å²) in [7, 11) is 0. The molecular weight excluding hydrogens is 248 g/mol. The van der Waals surface area contributed by atoms with E-state index in [9.17, 15) is 10.2 Å². The van der Waals surface area contributed by atoms with Crippen molar-refractivity contribution in [3.05, 3.63) is 41.5 Å². The maximum atomic E-state index is 10.3. The number of aromatic hydroxyl groups is 1. The number of aliphatic hydroxyl groups excluding tert-OH is 1. The summed E-state index contributed by atoms with van der Waals surface area (Å²) in [6, 6.07) is 5.90. The standard InChI is InChI=1S/C18H22O2/c1-18-9-8-14-13-5-3-12(19)10-11(13)2-4-15(14)16(18)6-7-17(18)20/h3,5-7,10,14-17,19-20H,2,4,8-9H2,1H3/t14-,15-,16+,17-,18+/m1/s1. The Morgan fingerprint density at radius 2 is 2.05 bits per heavy atom. The third kappa shape index (κ3) is 1.54. The van der Waals surface area contributed by atoms with Crippen molar-refractivity contribution >= 4 is 0 Å². The molecule has 0 spiro atoms. The Hall–Kier alpha value is -1.28. The minimum Gasteiger partial charge on any atom is -0.508 e. The molecule has 2 nitrogen and oxygen atoms in total. The van der Waals surface area contributed by atoms with Crippen LogP contribution in [0.25, 0.3) is 0 Å². The number of aliphatic hydroxyl groups is 1. The quantitative estimate of drug-likeness (QED) is 0.709. The number of aryl methyl sites for hydroxylation is 1. The Balaban J connectivity index is 1.73. The zero-order chi connectivity index (χ0) is 13.9. The minimum absolute atomic E-state index is 0.0512. The van der Waals surface area contributed by atoms with Gasteiger partial charge in [0.15, 0.2) is 0 Å². The van der Waals surface area contributed by atoms with Gasteiger partial charge in [-0.3, -0.25) is 0 Å². The van der Waals surface area contributed by atoms with Crippen LogP contribution in [0.4, 0.5) is 0 Å². The van der Waals surface area contributed by atoms with Gasteiger partial charge in [-0.15, -0.1) is 0 Å². The highest BCUT2D eigenvalue weighted by atomic mass is 16.3. The molecule has 0 amide bonds. The summed E-state index contributed by atoms with van der Waals surface area (Å²) >= 11 is 0. The van der Waals surface area contributed by atoms with E-state index in [-0.39, 0.29) is 11.5 Å². The average Bonchev–Trinajstić information content (AvgIpc) is 2.74. The van der Waals surface area contributed by atoms with Crippen molar-refractivity contribution in [1.29, 1.82) is 0 Å². The van der Waals surface area contributed by atoms with Crippen LogP contribution in [0.3, 0.4) is 0 Å². The number of benzene rings is 1. The predicted octanol–water partition coefficient (Wildman–Crippen LogP) is 3.39. The fraction of sp³-hybridized carbons (Fsp3) is 0.556. The lowest BCUT2D eigenvalue weighted by molar-refractivity contribution is -0.0101. The van der Waals surface area contributed by atoms with Gasteiger partial charge in [0, 0.05) is 5.41 Å². The van der Waals surface area contributed by atoms with Crippen LogP contribution in [0, 0.1) is 17.3 Å². The molecule has 3 aliphatic carbocycles. The van der Waals surface area contributed by atoms with E-state index in [1.54, 1.807) is 0 Å². The van der Waals surface area contributed by atoms with Crippen LogP contribution in [0.2, 0.25) is 0 Å². The van der Waals surface area contributed by atoms with Crippen LogP contribution < -0.4 is 0 Å². The molecule has 1 aromatic carbocycles. The number of phenols is 1. The maximum absolute atomic E-state index is 10.3. The van der Waals surface area contributed by atoms with E-state index in [1.165, 1.54) is 17.5 Å². The second kappa shape index (κ2) is 4.11. The highest BCUT2D eigenvalue weighted by Crippen LogP contribution is 2.58.